The first kappa shape index (κ1) is 17.2. The summed E-state index contributed by atoms with van der Waals surface area (Å²) in [7, 11) is 0. The van der Waals surface area contributed by atoms with Gasteiger partial charge in [-0.05, 0) is 56.2 Å². The number of rotatable bonds is 8. The van der Waals surface area contributed by atoms with Crippen LogP contribution in [0.3, 0.4) is 0 Å². The number of ether oxygens (including phenoxy) is 2. The molecule has 1 aliphatic heterocycles. The molecule has 0 bridgehead atoms. The Morgan fingerprint density at radius 1 is 1.32 bits per heavy atom. The summed E-state index contributed by atoms with van der Waals surface area (Å²) in [5.41, 5.74) is 1.14. The lowest BCUT2D eigenvalue weighted by atomic mass is 10.0. The van der Waals surface area contributed by atoms with Gasteiger partial charge >= 0.3 is 6.61 Å². The van der Waals surface area contributed by atoms with Crippen LogP contribution in [-0.4, -0.2) is 32.4 Å². The molecule has 1 N–H and O–H groups in total. The average Bonchev–Trinajstić information content (AvgIpc) is 2.53. The summed E-state index contributed by atoms with van der Waals surface area (Å²) in [4.78, 5) is 0. The van der Waals surface area contributed by atoms with Crippen LogP contribution in [0, 0.1) is 5.92 Å². The van der Waals surface area contributed by atoms with Crippen LogP contribution in [-0.2, 0) is 11.2 Å². The Bertz CT molecular complexity index is 419. The maximum atomic E-state index is 12.1. The van der Waals surface area contributed by atoms with Gasteiger partial charge in [0, 0.05) is 19.2 Å². The average molecular weight is 313 g/mol. The third kappa shape index (κ3) is 6.28. The van der Waals surface area contributed by atoms with Crippen molar-refractivity contribution in [1.82, 2.24) is 5.32 Å². The van der Waals surface area contributed by atoms with Crippen molar-refractivity contribution < 1.29 is 18.3 Å². The summed E-state index contributed by atoms with van der Waals surface area (Å²) in [6.07, 6.45) is 4.34. The molecule has 1 heterocycles. The molecule has 22 heavy (non-hydrogen) atoms. The summed E-state index contributed by atoms with van der Waals surface area (Å²) >= 11 is 0. The van der Waals surface area contributed by atoms with E-state index in [0.29, 0.717) is 12.0 Å². The highest BCUT2D eigenvalue weighted by Crippen LogP contribution is 2.16. The van der Waals surface area contributed by atoms with Crippen molar-refractivity contribution in [3.05, 3.63) is 29.8 Å². The number of benzene rings is 1. The Morgan fingerprint density at radius 2 is 2.09 bits per heavy atom. The van der Waals surface area contributed by atoms with Crippen molar-refractivity contribution in [2.75, 3.05) is 19.8 Å². The molecule has 0 aliphatic carbocycles. The standard InChI is InChI=1S/C17H25F2NO2/c1-13(20-11-15-3-2-10-21-12-15)4-5-14-6-8-16(9-7-14)22-17(18)19/h6-9,13,15,17,20H,2-5,10-12H2,1H3. The molecule has 2 atom stereocenters. The van der Waals surface area contributed by atoms with Crippen molar-refractivity contribution >= 4 is 0 Å². The Morgan fingerprint density at radius 3 is 2.73 bits per heavy atom. The van der Waals surface area contributed by atoms with Crippen molar-refractivity contribution in [1.29, 1.82) is 0 Å². The van der Waals surface area contributed by atoms with Crippen LogP contribution in [0.25, 0.3) is 0 Å². The van der Waals surface area contributed by atoms with Gasteiger partial charge in [0.05, 0.1) is 6.61 Å². The summed E-state index contributed by atoms with van der Waals surface area (Å²) in [6.45, 7) is 2.18. The van der Waals surface area contributed by atoms with Gasteiger partial charge in [0.15, 0.2) is 0 Å². The van der Waals surface area contributed by atoms with Crippen molar-refractivity contribution in [2.24, 2.45) is 5.92 Å². The number of alkyl halides is 2. The first-order chi connectivity index (χ1) is 10.6. The number of nitrogens with one attached hydrogen (secondary N) is 1. The highest BCUT2D eigenvalue weighted by molar-refractivity contribution is 5.27. The van der Waals surface area contributed by atoms with Gasteiger partial charge in [-0.25, -0.2) is 0 Å². The lowest BCUT2D eigenvalue weighted by Crippen LogP contribution is -2.34. The van der Waals surface area contributed by atoms with Gasteiger partial charge in [-0.3, -0.25) is 0 Å². The van der Waals surface area contributed by atoms with Gasteiger partial charge in [0.25, 0.3) is 0 Å². The number of aryl methyl sites for hydroxylation is 1. The van der Waals surface area contributed by atoms with Crippen LogP contribution in [0.15, 0.2) is 24.3 Å². The van der Waals surface area contributed by atoms with Crippen molar-refractivity contribution in [3.8, 4) is 5.75 Å². The molecule has 1 aromatic carbocycles. The van der Waals surface area contributed by atoms with Gasteiger partial charge in [0.1, 0.15) is 5.75 Å². The molecular weight excluding hydrogens is 288 g/mol. The predicted octanol–water partition coefficient (Wildman–Crippen LogP) is 3.63. The lowest BCUT2D eigenvalue weighted by molar-refractivity contribution is -0.0498. The van der Waals surface area contributed by atoms with Crippen LogP contribution in [0.4, 0.5) is 8.78 Å². The smallest absolute Gasteiger partial charge is 0.387 e. The minimum Gasteiger partial charge on any atom is -0.435 e. The quantitative estimate of drug-likeness (QED) is 0.795. The van der Waals surface area contributed by atoms with Crippen LogP contribution in [0.1, 0.15) is 31.7 Å². The van der Waals surface area contributed by atoms with E-state index in [0.717, 1.165) is 44.6 Å². The van der Waals surface area contributed by atoms with E-state index in [1.165, 1.54) is 6.42 Å². The van der Waals surface area contributed by atoms with Crippen LogP contribution in [0.2, 0.25) is 0 Å². The van der Waals surface area contributed by atoms with E-state index in [9.17, 15) is 8.78 Å². The normalized spacial score (nSPS) is 20.1. The zero-order chi connectivity index (χ0) is 15.8. The Balaban J connectivity index is 1.65. The topological polar surface area (TPSA) is 30.5 Å². The van der Waals surface area contributed by atoms with Gasteiger partial charge in [-0.2, -0.15) is 8.78 Å². The van der Waals surface area contributed by atoms with Crippen LogP contribution in [0.5, 0.6) is 5.75 Å². The summed E-state index contributed by atoms with van der Waals surface area (Å²) < 4.78 is 34.0. The monoisotopic (exact) mass is 313 g/mol. The maximum absolute atomic E-state index is 12.1. The lowest BCUT2D eigenvalue weighted by Gasteiger charge is -2.24. The van der Waals surface area contributed by atoms with Gasteiger partial charge in [0.2, 0.25) is 0 Å². The molecule has 1 aliphatic rings. The molecule has 1 aromatic rings. The Kier molecular flexibility index (Phi) is 7.06. The molecule has 3 nitrogen and oxygen atoms in total. The number of hydrogen-bond donors (Lipinski definition) is 1. The highest BCUT2D eigenvalue weighted by Gasteiger charge is 2.14. The third-order valence-electron chi connectivity index (χ3n) is 4.02. The Hall–Kier alpha value is -1.20. The zero-order valence-electron chi connectivity index (χ0n) is 13.1. The molecule has 2 rings (SSSR count). The van der Waals surface area contributed by atoms with E-state index in [1.807, 2.05) is 12.1 Å². The molecule has 1 saturated heterocycles. The predicted molar refractivity (Wildman–Crippen MR) is 82.4 cm³/mol. The first-order valence-electron chi connectivity index (χ1n) is 7.98. The molecule has 0 saturated carbocycles. The van der Waals surface area contributed by atoms with Gasteiger partial charge in [-0.15, -0.1) is 0 Å². The minimum absolute atomic E-state index is 0.210. The fourth-order valence-electron chi connectivity index (χ4n) is 2.66. The fourth-order valence-corrected chi connectivity index (χ4v) is 2.66. The second-order valence-electron chi connectivity index (χ2n) is 5.95. The summed E-state index contributed by atoms with van der Waals surface area (Å²) in [5.74, 6) is 0.837. The molecule has 124 valence electrons. The van der Waals surface area contributed by atoms with E-state index in [2.05, 4.69) is 17.0 Å². The third-order valence-corrected chi connectivity index (χ3v) is 4.02. The molecule has 0 radical (unpaired) electrons. The number of hydrogen-bond acceptors (Lipinski definition) is 3. The minimum atomic E-state index is -2.76. The highest BCUT2D eigenvalue weighted by atomic mass is 19.3. The molecule has 2 unspecified atom stereocenters. The van der Waals surface area contributed by atoms with E-state index >= 15 is 0 Å². The first-order valence-corrected chi connectivity index (χ1v) is 7.98. The van der Waals surface area contributed by atoms with E-state index in [1.54, 1.807) is 12.1 Å². The molecule has 0 aromatic heterocycles. The van der Waals surface area contributed by atoms with E-state index in [4.69, 9.17) is 4.74 Å². The second kappa shape index (κ2) is 9.06. The van der Waals surface area contributed by atoms with E-state index < -0.39 is 6.61 Å². The molecule has 5 heteroatoms. The zero-order valence-corrected chi connectivity index (χ0v) is 13.1. The molecule has 1 fully saturated rings. The van der Waals surface area contributed by atoms with Crippen LogP contribution < -0.4 is 10.1 Å². The maximum Gasteiger partial charge on any atom is 0.387 e. The van der Waals surface area contributed by atoms with Crippen LogP contribution >= 0.6 is 0 Å². The van der Waals surface area contributed by atoms with Crippen molar-refractivity contribution in [3.63, 3.8) is 0 Å². The van der Waals surface area contributed by atoms with E-state index in [-0.39, 0.29) is 5.75 Å². The molecule has 0 amide bonds. The number of halogens is 2. The molecule has 0 spiro atoms. The van der Waals surface area contributed by atoms with Crippen molar-refractivity contribution in [2.45, 2.75) is 45.3 Å². The molecular formula is C17H25F2NO2. The summed E-state index contributed by atoms with van der Waals surface area (Å²) in [5, 5.41) is 3.56. The largest absolute Gasteiger partial charge is 0.435 e. The summed E-state index contributed by atoms with van der Waals surface area (Å²) in [6, 6.07) is 7.32. The fraction of sp³-hybridized carbons (Fsp3) is 0.647. The van der Waals surface area contributed by atoms with Gasteiger partial charge in [-0.1, -0.05) is 12.1 Å². The Labute approximate surface area is 131 Å². The second-order valence-corrected chi connectivity index (χ2v) is 5.95. The SMILES string of the molecule is CC(CCc1ccc(OC(F)F)cc1)NCC1CCCOC1. The van der Waals surface area contributed by atoms with Gasteiger partial charge < -0.3 is 14.8 Å².